The second-order valence-electron chi connectivity index (χ2n) is 12.6. The molecule has 1 rings (SSSR count). The number of carbonyl (C=O) groups excluding carboxylic acids is 1. The first kappa shape index (κ1) is 35.9. The number of phenolic OH excluding ortho intramolecular Hbond substituents is 1. The van der Waals surface area contributed by atoms with Crippen LogP contribution in [0.25, 0.3) is 0 Å². The number of hydrogen-bond acceptors (Lipinski definition) is 4. The van der Waals surface area contributed by atoms with Gasteiger partial charge in [-0.15, -0.1) is 0 Å². The van der Waals surface area contributed by atoms with E-state index >= 15 is 0 Å². The van der Waals surface area contributed by atoms with Crippen LogP contribution in [0, 0.1) is 13.8 Å². The van der Waals surface area contributed by atoms with Crippen molar-refractivity contribution >= 4 is 17.7 Å². The van der Waals surface area contributed by atoms with Crippen molar-refractivity contribution in [2.45, 2.75) is 163 Å². The van der Waals surface area contributed by atoms with Gasteiger partial charge in [-0.05, 0) is 60.1 Å². The summed E-state index contributed by atoms with van der Waals surface area (Å²) >= 11 is 1.90. The summed E-state index contributed by atoms with van der Waals surface area (Å²) in [7, 11) is 0. The van der Waals surface area contributed by atoms with Crippen molar-refractivity contribution in [2.75, 3.05) is 18.1 Å². The van der Waals surface area contributed by atoms with Crippen LogP contribution in [0.4, 0.5) is 0 Å². The minimum atomic E-state index is -0.137. The highest BCUT2D eigenvalue weighted by Crippen LogP contribution is 2.36. The SMILES string of the molecule is CCCCCCCCCCCCCCCCCCSCCOC(=O)CCc1cc(C(C)(C)C)c(O)c(C)c1C. The molecule has 0 aliphatic rings. The van der Waals surface area contributed by atoms with Crippen LogP contribution in [0.15, 0.2) is 6.07 Å². The van der Waals surface area contributed by atoms with E-state index in [0.717, 1.165) is 33.8 Å². The van der Waals surface area contributed by atoms with Crippen molar-refractivity contribution in [1.29, 1.82) is 0 Å². The standard InChI is InChI=1S/C35H62O3S/c1-7-8-9-10-11-12-13-14-15-16-17-18-19-20-21-22-26-39-27-25-38-33(36)24-23-31-28-32(35(4,5)6)34(37)30(3)29(31)2/h28,37H,7-27H2,1-6H3. The number of unbranched alkanes of at least 4 members (excludes halogenated alkanes) is 15. The predicted octanol–water partition coefficient (Wildman–Crippen LogP) is 10.8. The summed E-state index contributed by atoms with van der Waals surface area (Å²) in [6.45, 7) is 13.1. The van der Waals surface area contributed by atoms with E-state index < -0.39 is 0 Å². The predicted molar refractivity (Wildman–Crippen MR) is 172 cm³/mol. The molecule has 3 nitrogen and oxygen atoms in total. The molecule has 1 aromatic carbocycles. The molecule has 0 fully saturated rings. The van der Waals surface area contributed by atoms with Gasteiger partial charge in [-0.3, -0.25) is 4.79 Å². The molecule has 0 unspecified atom stereocenters. The molecule has 4 heteroatoms. The van der Waals surface area contributed by atoms with Crippen molar-refractivity contribution in [3.8, 4) is 5.75 Å². The number of thioether (sulfide) groups is 1. The van der Waals surface area contributed by atoms with Crippen LogP contribution in [0.2, 0.25) is 0 Å². The highest BCUT2D eigenvalue weighted by atomic mass is 32.2. The molecule has 0 bridgehead atoms. The van der Waals surface area contributed by atoms with Crippen LogP contribution < -0.4 is 0 Å². The third-order valence-corrected chi connectivity index (χ3v) is 9.05. The van der Waals surface area contributed by atoms with Crippen molar-refractivity contribution in [1.82, 2.24) is 0 Å². The Labute approximate surface area is 246 Å². The summed E-state index contributed by atoms with van der Waals surface area (Å²) < 4.78 is 5.48. The number of rotatable bonds is 23. The lowest BCUT2D eigenvalue weighted by Gasteiger charge is -2.24. The van der Waals surface area contributed by atoms with Crippen molar-refractivity contribution in [3.05, 3.63) is 28.3 Å². The van der Waals surface area contributed by atoms with Crippen LogP contribution in [0.1, 0.15) is 159 Å². The topological polar surface area (TPSA) is 46.5 Å². The van der Waals surface area contributed by atoms with Crippen LogP contribution in [0.3, 0.4) is 0 Å². The number of aryl methyl sites for hydroxylation is 1. The van der Waals surface area contributed by atoms with E-state index in [2.05, 4.69) is 33.8 Å². The number of ether oxygens (including phenoxy) is 1. The Morgan fingerprint density at radius 3 is 1.74 bits per heavy atom. The third-order valence-electron chi connectivity index (χ3n) is 8.01. The lowest BCUT2D eigenvalue weighted by atomic mass is 9.82. The highest BCUT2D eigenvalue weighted by molar-refractivity contribution is 7.99. The average molecular weight is 563 g/mol. The number of carbonyl (C=O) groups is 1. The van der Waals surface area contributed by atoms with Gasteiger partial charge < -0.3 is 9.84 Å². The third kappa shape index (κ3) is 16.6. The molecule has 39 heavy (non-hydrogen) atoms. The molecule has 0 radical (unpaired) electrons. The Balaban J connectivity index is 1.97. The van der Waals surface area contributed by atoms with E-state index in [9.17, 15) is 9.90 Å². The molecule has 0 saturated heterocycles. The molecule has 0 aromatic heterocycles. The Hall–Kier alpha value is -1.16. The normalized spacial score (nSPS) is 11.7. The lowest BCUT2D eigenvalue weighted by molar-refractivity contribution is -0.142. The highest BCUT2D eigenvalue weighted by Gasteiger charge is 2.22. The minimum absolute atomic E-state index is 0.125. The molecule has 0 amide bonds. The van der Waals surface area contributed by atoms with Gasteiger partial charge in [0, 0.05) is 12.2 Å². The maximum Gasteiger partial charge on any atom is 0.306 e. The number of phenols is 1. The first-order valence-corrected chi connectivity index (χ1v) is 17.4. The van der Waals surface area contributed by atoms with E-state index in [-0.39, 0.29) is 11.4 Å². The van der Waals surface area contributed by atoms with Gasteiger partial charge in [0.25, 0.3) is 0 Å². The van der Waals surface area contributed by atoms with E-state index in [0.29, 0.717) is 25.2 Å². The van der Waals surface area contributed by atoms with E-state index in [1.807, 2.05) is 25.6 Å². The molecule has 0 heterocycles. The summed E-state index contributed by atoms with van der Waals surface area (Å²) in [6.07, 6.45) is 23.5. The summed E-state index contributed by atoms with van der Waals surface area (Å²) in [5.41, 5.74) is 3.92. The molecule has 0 spiro atoms. The molecule has 0 aliphatic carbocycles. The van der Waals surface area contributed by atoms with Gasteiger partial charge in [0.15, 0.2) is 0 Å². The van der Waals surface area contributed by atoms with Gasteiger partial charge in [-0.2, -0.15) is 11.8 Å². The van der Waals surface area contributed by atoms with Crippen LogP contribution >= 0.6 is 11.8 Å². The monoisotopic (exact) mass is 562 g/mol. The second-order valence-corrected chi connectivity index (χ2v) is 13.8. The average Bonchev–Trinajstić information content (AvgIpc) is 2.89. The molecule has 0 atom stereocenters. The summed E-state index contributed by atoms with van der Waals surface area (Å²) in [5.74, 6) is 2.31. The Morgan fingerprint density at radius 1 is 0.769 bits per heavy atom. The number of hydrogen-bond donors (Lipinski definition) is 1. The van der Waals surface area contributed by atoms with Crippen LogP contribution in [-0.4, -0.2) is 29.2 Å². The van der Waals surface area contributed by atoms with E-state index in [4.69, 9.17) is 4.74 Å². The molecular weight excluding hydrogens is 500 g/mol. The smallest absolute Gasteiger partial charge is 0.306 e. The van der Waals surface area contributed by atoms with Gasteiger partial charge in [0.2, 0.25) is 0 Å². The fraction of sp³-hybridized carbons (Fsp3) is 0.800. The van der Waals surface area contributed by atoms with Crippen LogP contribution in [-0.2, 0) is 21.4 Å². The Kier molecular flexibility index (Phi) is 19.8. The Bertz CT molecular complexity index is 781. The molecular formula is C35H62O3S. The van der Waals surface area contributed by atoms with E-state index in [1.54, 1.807) is 0 Å². The quantitative estimate of drug-likeness (QED) is 0.106. The Morgan fingerprint density at radius 2 is 1.26 bits per heavy atom. The van der Waals surface area contributed by atoms with Crippen molar-refractivity contribution in [3.63, 3.8) is 0 Å². The molecule has 226 valence electrons. The molecule has 0 aliphatic heterocycles. The first-order valence-electron chi connectivity index (χ1n) is 16.2. The second kappa shape index (κ2) is 21.6. The van der Waals surface area contributed by atoms with Gasteiger partial charge in [-0.25, -0.2) is 0 Å². The van der Waals surface area contributed by atoms with Gasteiger partial charge in [0.05, 0.1) is 0 Å². The zero-order valence-corrected chi connectivity index (χ0v) is 27.4. The fourth-order valence-electron chi connectivity index (χ4n) is 5.18. The largest absolute Gasteiger partial charge is 0.507 e. The zero-order valence-electron chi connectivity index (χ0n) is 26.6. The summed E-state index contributed by atoms with van der Waals surface area (Å²) in [6, 6.07) is 2.07. The van der Waals surface area contributed by atoms with Crippen molar-refractivity contribution < 1.29 is 14.6 Å². The van der Waals surface area contributed by atoms with E-state index in [1.165, 1.54) is 103 Å². The molecule has 0 saturated carbocycles. The fourth-order valence-corrected chi connectivity index (χ4v) is 5.99. The number of aromatic hydroxyl groups is 1. The lowest BCUT2D eigenvalue weighted by Crippen LogP contribution is -2.14. The number of esters is 1. The maximum atomic E-state index is 12.3. The van der Waals surface area contributed by atoms with Crippen LogP contribution in [0.5, 0.6) is 5.75 Å². The van der Waals surface area contributed by atoms with Gasteiger partial charge >= 0.3 is 5.97 Å². The molecule has 1 aromatic rings. The zero-order chi connectivity index (χ0) is 28.9. The number of benzene rings is 1. The van der Waals surface area contributed by atoms with Crippen molar-refractivity contribution in [2.24, 2.45) is 0 Å². The maximum absolute atomic E-state index is 12.3. The summed E-state index contributed by atoms with van der Waals surface area (Å²) in [5, 5.41) is 10.6. The first-order chi connectivity index (χ1) is 18.7. The minimum Gasteiger partial charge on any atom is -0.507 e. The van der Waals surface area contributed by atoms with Gasteiger partial charge in [0.1, 0.15) is 12.4 Å². The van der Waals surface area contributed by atoms with Gasteiger partial charge in [-0.1, -0.05) is 130 Å². The summed E-state index contributed by atoms with van der Waals surface area (Å²) in [4.78, 5) is 12.3. The molecule has 1 N–H and O–H groups in total.